The third kappa shape index (κ3) is 4.07. The van der Waals surface area contributed by atoms with E-state index in [4.69, 9.17) is 4.74 Å². The second-order valence-corrected chi connectivity index (χ2v) is 3.66. The van der Waals surface area contributed by atoms with Gasteiger partial charge in [-0.15, -0.1) is 0 Å². The molecular weight excluding hydrogens is 198 g/mol. The number of nitrogens with zero attached hydrogens (tertiary/aromatic N) is 1. The minimum absolute atomic E-state index is 0.904. The molecule has 0 fully saturated rings. The van der Waals surface area contributed by atoms with Gasteiger partial charge in [0, 0.05) is 6.54 Å². The first-order chi connectivity index (χ1) is 7.80. The molecule has 0 heterocycles. The second-order valence-electron chi connectivity index (χ2n) is 3.66. The van der Waals surface area contributed by atoms with Crippen molar-refractivity contribution in [2.24, 2.45) is 0 Å². The first-order valence-electron chi connectivity index (χ1n) is 5.83. The van der Waals surface area contributed by atoms with Gasteiger partial charge in [-0.2, -0.15) is 0 Å². The molecular formula is C14H21NO. The van der Waals surface area contributed by atoms with Crippen molar-refractivity contribution in [1.82, 2.24) is 4.90 Å². The van der Waals surface area contributed by atoms with Crippen LogP contribution in [0.5, 0.6) is 5.75 Å². The Morgan fingerprint density at radius 2 is 1.75 bits per heavy atom. The van der Waals surface area contributed by atoms with Crippen LogP contribution in [0.1, 0.15) is 19.4 Å². The lowest BCUT2D eigenvalue weighted by atomic mass is 10.2. The van der Waals surface area contributed by atoms with Gasteiger partial charge < -0.3 is 9.64 Å². The molecule has 0 saturated heterocycles. The fourth-order valence-corrected chi connectivity index (χ4v) is 1.53. The predicted octanol–water partition coefficient (Wildman–Crippen LogP) is 3.05. The Labute approximate surface area is 98.5 Å². The molecule has 16 heavy (non-hydrogen) atoms. The summed E-state index contributed by atoms with van der Waals surface area (Å²) in [4.78, 5) is 2.38. The van der Waals surface area contributed by atoms with Crippen LogP contribution in [0.15, 0.2) is 30.3 Å². The molecule has 0 radical (unpaired) electrons. The Bertz CT molecular complexity index is 312. The second kappa shape index (κ2) is 7.07. The van der Waals surface area contributed by atoms with E-state index in [1.54, 1.807) is 7.11 Å². The van der Waals surface area contributed by atoms with Crippen LogP contribution in [0.25, 0.3) is 6.08 Å². The van der Waals surface area contributed by atoms with Crippen LogP contribution in [0, 0.1) is 0 Å². The molecule has 0 amide bonds. The lowest BCUT2D eigenvalue weighted by Crippen LogP contribution is -2.22. The van der Waals surface area contributed by atoms with E-state index in [0.717, 1.165) is 25.4 Å². The number of benzene rings is 1. The molecule has 0 saturated carbocycles. The maximum absolute atomic E-state index is 5.11. The number of hydrogen-bond acceptors (Lipinski definition) is 2. The average molecular weight is 219 g/mol. The summed E-state index contributed by atoms with van der Waals surface area (Å²) in [5, 5.41) is 0. The van der Waals surface area contributed by atoms with Crippen molar-refractivity contribution in [2.75, 3.05) is 26.7 Å². The monoisotopic (exact) mass is 219 g/mol. The average Bonchev–Trinajstić information content (AvgIpc) is 2.35. The van der Waals surface area contributed by atoms with Crippen molar-refractivity contribution >= 4 is 6.08 Å². The Morgan fingerprint density at radius 3 is 2.25 bits per heavy atom. The van der Waals surface area contributed by atoms with E-state index in [1.165, 1.54) is 5.56 Å². The smallest absolute Gasteiger partial charge is 0.118 e. The van der Waals surface area contributed by atoms with Crippen molar-refractivity contribution in [2.45, 2.75) is 13.8 Å². The van der Waals surface area contributed by atoms with E-state index in [9.17, 15) is 0 Å². The summed E-state index contributed by atoms with van der Waals surface area (Å²) in [6, 6.07) is 8.10. The van der Waals surface area contributed by atoms with E-state index in [-0.39, 0.29) is 0 Å². The van der Waals surface area contributed by atoms with E-state index in [0.29, 0.717) is 0 Å². The Morgan fingerprint density at radius 1 is 1.12 bits per heavy atom. The Balaban J connectivity index is 2.49. The summed E-state index contributed by atoms with van der Waals surface area (Å²) in [5.41, 5.74) is 1.22. The van der Waals surface area contributed by atoms with E-state index < -0.39 is 0 Å². The molecule has 0 unspecified atom stereocenters. The molecule has 0 bridgehead atoms. The Kier molecular flexibility index (Phi) is 5.65. The van der Waals surface area contributed by atoms with Gasteiger partial charge in [-0.25, -0.2) is 0 Å². The van der Waals surface area contributed by atoms with Crippen LogP contribution in [0.2, 0.25) is 0 Å². The van der Waals surface area contributed by atoms with Gasteiger partial charge in [-0.1, -0.05) is 38.1 Å². The van der Waals surface area contributed by atoms with E-state index in [2.05, 4.69) is 43.0 Å². The first-order valence-corrected chi connectivity index (χ1v) is 5.83. The van der Waals surface area contributed by atoms with Crippen molar-refractivity contribution in [1.29, 1.82) is 0 Å². The quantitative estimate of drug-likeness (QED) is 0.729. The van der Waals surface area contributed by atoms with Gasteiger partial charge in [0.25, 0.3) is 0 Å². The summed E-state index contributed by atoms with van der Waals surface area (Å²) >= 11 is 0. The molecule has 0 atom stereocenters. The topological polar surface area (TPSA) is 12.5 Å². The van der Waals surface area contributed by atoms with E-state index in [1.807, 2.05) is 12.1 Å². The predicted molar refractivity (Wildman–Crippen MR) is 69.8 cm³/mol. The maximum atomic E-state index is 5.11. The maximum Gasteiger partial charge on any atom is 0.118 e. The highest BCUT2D eigenvalue weighted by Crippen LogP contribution is 2.12. The molecule has 1 aromatic rings. The van der Waals surface area contributed by atoms with Crippen LogP contribution in [-0.2, 0) is 0 Å². The molecule has 1 rings (SSSR count). The molecule has 0 N–H and O–H groups in total. The number of methoxy groups -OCH3 is 1. The molecule has 2 heteroatoms. The zero-order valence-corrected chi connectivity index (χ0v) is 10.4. The first kappa shape index (κ1) is 12.8. The minimum atomic E-state index is 0.904. The van der Waals surface area contributed by atoms with Gasteiger partial charge in [0.05, 0.1) is 7.11 Å². The molecule has 0 aliphatic rings. The van der Waals surface area contributed by atoms with Crippen LogP contribution in [0.3, 0.4) is 0 Å². The van der Waals surface area contributed by atoms with Gasteiger partial charge in [0.1, 0.15) is 5.75 Å². The van der Waals surface area contributed by atoms with Gasteiger partial charge in [0.2, 0.25) is 0 Å². The van der Waals surface area contributed by atoms with Crippen LogP contribution < -0.4 is 4.74 Å². The number of rotatable bonds is 6. The van der Waals surface area contributed by atoms with Gasteiger partial charge in [-0.3, -0.25) is 0 Å². The number of ether oxygens (including phenoxy) is 1. The highest BCUT2D eigenvalue weighted by Gasteiger charge is 1.94. The molecule has 2 nitrogen and oxygen atoms in total. The van der Waals surface area contributed by atoms with Crippen molar-refractivity contribution in [3.8, 4) is 5.75 Å². The van der Waals surface area contributed by atoms with Crippen LogP contribution in [0.4, 0.5) is 0 Å². The number of hydrogen-bond donors (Lipinski definition) is 0. The highest BCUT2D eigenvalue weighted by atomic mass is 16.5. The van der Waals surface area contributed by atoms with Crippen molar-refractivity contribution < 1.29 is 4.74 Å². The molecule has 0 aromatic heterocycles. The molecule has 0 aliphatic heterocycles. The molecule has 1 aromatic carbocycles. The largest absolute Gasteiger partial charge is 0.497 e. The zero-order chi connectivity index (χ0) is 11.8. The molecule has 0 spiro atoms. The van der Waals surface area contributed by atoms with Gasteiger partial charge in [0.15, 0.2) is 0 Å². The lowest BCUT2D eigenvalue weighted by molar-refractivity contribution is 0.338. The highest BCUT2D eigenvalue weighted by molar-refractivity contribution is 5.50. The minimum Gasteiger partial charge on any atom is -0.497 e. The third-order valence-electron chi connectivity index (χ3n) is 2.68. The normalized spacial score (nSPS) is 11.2. The SMILES string of the molecule is CCN(CC)C/C=C/c1ccc(OC)cc1. The summed E-state index contributed by atoms with van der Waals surface area (Å²) in [6.07, 6.45) is 4.35. The summed E-state index contributed by atoms with van der Waals surface area (Å²) in [7, 11) is 1.69. The number of likely N-dealkylation sites (N-methyl/N-ethyl adjacent to an activating group) is 1. The fraction of sp³-hybridized carbons (Fsp3) is 0.429. The van der Waals surface area contributed by atoms with Crippen LogP contribution in [-0.4, -0.2) is 31.6 Å². The lowest BCUT2D eigenvalue weighted by Gasteiger charge is -2.14. The summed E-state index contributed by atoms with van der Waals surface area (Å²) in [5.74, 6) is 0.904. The Hall–Kier alpha value is -1.28. The molecule has 88 valence electrons. The van der Waals surface area contributed by atoms with Crippen molar-refractivity contribution in [3.63, 3.8) is 0 Å². The molecule has 0 aliphatic carbocycles. The van der Waals surface area contributed by atoms with Gasteiger partial charge >= 0.3 is 0 Å². The standard InChI is InChI=1S/C14H21NO/c1-4-15(5-2)12-6-7-13-8-10-14(16-3)11-9-13/h6-11H,4-5,12H2,1-3H3/b7-6+. The van der Waals surface area contributed by atoms with Crippen LogP contribution >= 0.6 is 0 Å². The zero-order valence-electron chi connectivity index (χ0n) is 10.4. The summed E-state index contributed by atoms with van der Waals surface area (Å²) in [6.45, 7) is 7.58. The summed E-state index contributed by atoms with van der Waals surface area (Å²) < 4.78 is 5.11. The van der Waals surface area contributed by atoms with Crippen molar-refractivity contribution in [3.05, 3.63) is 35.9 Å². The third-order valence-corrected chi connectivity index (χ3v) is 2.68. The van der Waals surface area contributed by atoms with Gasteiger partial charge in [-0.05, 0) is 30.8 Å². The fourth-order valence-electron chi connectivity index (χ4n) is 1.53. The van der Waals surface area contributed by atoms with E-state index >= 15 is 0 Å².